The van der Waals surface area contributed by atoms with Gasteiger partial charge in [-0.3, -0.25) is 9.59 Å². The minimum absolute atomic E-state index is 0.0468. The Morgan fingerprint density at radius 3 is 2.26 bits per heavy atom. The number of para-hydroxylation sites is 1. The van der Waals surface area contributed by atoms with Crippen molar-refractivity contribution in [1.82, 2.24) is 15.5 Å². The van der Waals surface area contributed by atoms with Gasteiger partial charge in [0.05, 0.1) is 0 Å². The summed E-state index contributed by atoms with van der Waals surface area (Å²) in [6.45, 7) is 13.1. The highest BCUT2D eigenvalue weighted by Gasteiger charge is 2.45. The highest BCUT2D eigenvalue weighted by Crippen LogP contribution is 2.38. The van der Waals surface area contributed by atoms with E-state index in [0.29, 0.717) is 12.0 Å². The molecule has 196 valence electrons. The predicted molar refractivity (Wildman–Crippen MR) is 136 cm³/mol. The van der Waals surface area contributed by atoms with Crippen molar-refractivity contribution >= 4 is 17.9 Å². The number of carbonyl (C=O) groups is 3. The average Bonchev–Trinajstić information content (AvgIpc) is 3.59. The van der Waals surface area contributed by atoms with Crippen LogP contribution in [0.5, 0.6) is 5.75 Å². The van der Waals surface area contributed by atoms with Crippen LogP contribution < -0.4 is 10.6 Å². The monoisotopic (exact) mass is 489 g/mol. The molecular weight excluding hydrogens is 446 g/mol. The van der Waals surface area contributed by atoms with Crippen molar-refractivity contribution < 1.29 is 24.2 Å². The number of amides is 3. The van der Waals surface area contributed by atoms with Crippen LogP contribution in [0.15, 0.2) is 24.3 Å². The average molecular weight is 490 g/mol. The lowest BCUT2D eigenvalue weighted by molar-refractivity contribution is -0.144. The van der Waals surface area contributed by atoms with Gasteiger partial charge in [-0.25, -0.2) is 4.79 Å². The first kappa shape index (κ1) is 28.5. The van der Waals surface area contributed by atoms with E-state index >= 15 is 0 Å². The Morgan fingerprint density at radius 2 is 1.74 bits per heavy atom. The van der Waals surface area contributed by atoms with Crippen molar-refractivity contribution in [1.29, 1.82) is 0 Å². The minimum Gasteiger partial charge on any atom is -0.508 e. The van der Waals surface area contributed by atoms with Gasteiger partial charge in [-0.1, -0.05) is 51.8 Å². The van der Waals surface area contributed by atoms with Crippen LogP contribution in [0, 0.1) is 5.92 Å². The van der Waals surface area contributed by atoms with E-state index in [1.54, 1.807) is 43.9 Å². The van der Waals surface area contributed by atoms with E-state index < -0.39 is 23.8 Å². The first-order valence-electron chi connectivity index (χ1n) is 12.8. The van der Waals surface area contributed by atoms with Gasteiger partial charge in [0.15, 0.2) is 0 Å². The fourth-order valence-corrected chi connectivity index (χ4v) is 4.11. The summed E-state index contributed by atoms with van der Waals surface area (Å²) in [6.07, 6.45) is 3.19. The second-order valence-corrected chi connectivity index (χ2v) is 10.6. The van der Waals surface area contributed by atoms with Crippen LogP contribution in [-0.2, 0) is 14.3 Å². The van der Waals surface area contributed by atoms with Crippen LogP contribution >= 0.6 is 0 Å². The van der Waals surface area contributed by atoms with Crippen molar-refractivity contribution in [2.45, 2.75) is 110 Å². The Hall–Kier alpha value is -2.77. The molecule has 8 heteroatoms. The van der Waals surface area contributed by atoms with Gasteiger partial charge < -0.3 is 25.4 Å². The van der Waals surface area contributed by atoms with Crippen LogP contribution in [0.25, 0.3) is 0 Å². The van der Waals surface area contributed by atoms with Crippen molar-refractivity contribution in [2.75, 3.05) is 0 Å². The van der Waals surface area contributed by atoms with Crippen LogP contribution in [0.4, 0.5) is 4.79 Å². The van der Waals surface area contributed by atoms with Gasteiger partial charge in [0, 0.05) is 17.6 Å². The number of benzene rings is 1. The summed E-state index contributed by atoms with van der Waals surface area (Å²) in [5.41, 5.74) is -0.342. The molecule has 0 aromatic heterocycles. The second kappa shape index (κ2) is 12.3. The van der Waals surface area contributed by atoms with E-state index in [1.165, 1.54) is 6.07 Å². The highest BCUT2D eigenvalue weighted by atomic mass is 16.6. The summed E-state index contributed by atoms with van der Waals surface area (Å²) >= 11 is 0. The molecule has 4 unspecified atom stereocenters. The van der Waals surface area contributed by atoms with Gasteiger partial charge >= 0.3 is 6.09 Å². The number of phenols is 1. The Bertz CT molecular complexity index is 878. The highest BCUT2D eigenvalue weighted by molar-refractivity contribution is 5.93. The maximum atomic E-state index is 14.1. The Morgan fingerprint density at radius 1 is 1.11 bits per heavy atom. The number of nitrogens with one attached hydrogen (secondary N) is 2. The lowest BCUT2D eigenvalue weighted by atomic mass is 9.95. The number of carbonyl (C=O) groups excluding carboxylic acids is 3. The molecule has 1 fully saturated rings. The van der Waals surface area contributed by atoms with Crippen LogP contribution in [0.2, 0.25) is 0 Å². The van der Waals surface area contributed by atoms with Gasteiger partial charge in [-0.15, -0.1) is 0 Å². The van der Waals surface area contributed by atoms with Crippen molar-refractivity contribution in [3.05, 3.63) is 29.8 Å². The molecule has 0 spiro atoms. The van der Waals surface area contributed by atoms with E-state index in [2.05, 4.69) is 10.6 Å². The quantitative estimate of drug-likeness (QED) is 0.419. The Balaban J connectivity index is 2.47. The largest absolute Gasteiger partial charge is 0.508 e. The molecule has 1 aliphatic rings. The normalized spacial score (nSPS) is 17.0. The van der Waals surface area contributed by atoms with E-state index in [9.17, 15) is 19.5 Å². The van der Waals surface area contributed by atoms with Crippen molar-refractivity contribution in [3.8, 4) is 5.75 Å². The van der Waals surface area contributed by atoms with Crippen molar-refractivity contribution in [3.63, 3.8) is 0 Å². The molecule has 3 amide bonds. The molecule has 0 aliphatic heterocycles. The van der Waals surface area contributed by atoms with Gasteiger partial charge in [-0.2, -0.15) is 0 Å². The second-order valence-electron chi connectivity index (χ2n) is 10.6. The Labute approximate surface area is 209 Å². The zero-order valence-electron chi connectivity index (χ0n) is 22.3. The molecular formula is C27H43N3O5. The lowest BCUT2D eigenvalue weighted by Gasteiger charge is -2.36. The standard InChI is InChI=1S/C27H43N3O5/c1-8-12-18(4)28-24(32)23(20-13-10-11-14-21(20)31)30(19-15-16-19)25(33)22(17(3)9-2)29-26(34)35-27(5,6)7/h10-11,13-14,17-19,22-23,31H,8-9,12,15-16H2,1-7H3,(H,28,32)(H,29,34). The van der Waals surface area contributed by atoms with Crippen molar-refractivity contribution in [2.24, 2.45) is 5.92 Å². The minimum atomic E-state index is -1.01. The maximum absolute atomic E-state index is 14.1. The van der Waals surface area contributed by atoms with Crippen LogP contribution in [0.1, 0.15) is 92.2 Å². The predicted octanol–water partition coefficient (Wildman–Crippen LogP) is 4.67. The molecule has 0 radical (unpaired) electrons. The smallest absolute Gasteiger partial charge is 0.408 e. The van der Waals surface area contributed by atoms with E-state index in [-0.39, 0.29) is 35.6 Å². The number of nitrogens with zero attached hydrogens (tertiary/aromatic N) is 1. The molecule has 1 saturated carbocycles. The molecule has 0 saturated heterocycles. The summed E-state index contributed by atoms with van der Waals surface area (Å²) in [7, 11) is 0. The number of rotatable bonds is 11. The van der Waals surface area contributed by atoms with Crippen LogP contribution in [-0.4, -0.2) is 51.6 Å². The van der Waals surface area contributed by atoms with Gasteiger partial charge in [0.2, 0.25) is 11.8 Å². The van der Waals surface area contributed by atoms with Gasteiger partial charge in [0.25, 0.3) is 0 Å². The molecule has 3 N–H and O–H groups in total. The number of hydrogen-bond acceptors (Lipinski definition) is 5. The molecule has 35 heavy (non-hydrogen) atoms. The number of ether oxygens (including phenoxy) is 1. The molecule has 2 rings (SSSR count). The number of phenolic OH excluding ortho intramolecular Hbond substituents is 1. The zero-order valence-corrected chi connectivity index (χ0v) is 22.3. The molecule has 1 aromatic carbocycles. The molecule has 8 nitrogen and oxygen atoms in total. The molecule has 0 bridgehead atoms. The topological polar surface area (TPSA) is 108 Å². The van der Waals surface area contributed by atoms with Gasteiger partial charge in [0.1, 0.15) is 23.4 Å². The third-order valence-corrected chi connectivity index (χ3v) is 6.21. The first-order chi connectivity index (χ1) is 16.4. The zero-order chi connectivity index (χ0) is 26.3. The summed E-state index contributed by atoms with van der Waals surface area (Å²) in [4.78, 5) is 41.9. The summed E-state index contributed by atoms with van der Waals surface area (Å²) in [5, 5.41) is 16.4. The van der Waals surface area contributed by atoms with E-state index in [4.69, 9.17) is 4.74 Å². The maximum Gasteiger partial charge on any atom is 0.408 e. The van der Waals surface area contributed by atoms with E-state index in [1.807, 2.05) is 27.7 Å². The molecule has 1 aliphatic carbocycles. The SMILES string of the molecule is CCCC(C)NC(=O)C(c1ccccc1O)N(C(=O)C(NC(=O)OC(C)(C)C)C(C)CC)C1CC1. The molecule has 1 aromatic rings. The number of alkyl carbamates (subject to hydrolysis) is 1. The third kappa shape index (κ3) is 8.15. The summed E-state index contributed by atoms with van der Waals surface area (Å²) in [5.74, 6) is -0.926. The third-order valence-electron chi connectivity index (χ3n) is 6.21. The van der Waals surface area contributed by atoms with E-state index in [0.717, 1.165) is 25.7 Å². The number of aromatic hydroxyl groups is 1. The fraction of sp³-hybridized carbons (Fsp3) is 0.667. The first-order valence-corrected chi connectivity index (χ1v) is 12.8. The van der Waals surface area contributed by atoms with Gasteiger partial charge in [-0.05, 0) is 58.9 Å². The summed E-state index contributed by atoms with van der Waals surface area (Å²) in [6, 6.07) is 4.51. The molecule has 0 heterocycles. The summed E-state index contributed by atoms with van der Waals surface area (Å²) < 4.78 is 5.42. The lowest BCUT2D eigenvalue weighted by Crippen LogP contribution is -2.56. The fourth-order valence-electron chi connectivity index (χ4n) is 4.11. The van der Waals surface area contributed by atoms with Crippen LogP contribution in [0.3, 0.4) is 0 Å². The number of hydrogen-bond donors (Lipinski definition) is 3. The Kier molecular flexibility index (Phi) is 9.98. The molecule has 4 atom stereocenters.